The highest BCUT2D eigenvalue weighted by Gasteiger charge is 2.10. The number of nitrogens with zero attached hydrogens (tertiary/aromatic N) is 1. The Morgan fingerprint density at radius 3 is 2.59 bits per heavy atom. The van der Waals surface area contributed by atoms with Crippen LogP contribution in [0.1, 0.15) is 22.6 Å². The molecule has 3 N–H and O–H groups in total. The largest absolute Gasteiger partial charge is 0.351 e. The van der Waals surface area contributed by atoms with E-state index in [1.54, 1.807) is 17.7 Å². The van der Waals surface area contributed by atoms with Gasteiger partial charge in [0.2, 0.25) is 10.0 Å². The molecule has 7 heteroatoms. The highest BCUT2D eigenvalue weighted by Crippen LogP contribution is 2.05. The Hall–Kier alpha value is -1.34. The predicted octanol–water partition coefficient (Wildman–Crippen LogP) is -0.258. The van der Waals surface area contributed by atoms with Crippen molar-refractivity contribution in [3.05, 3.63) is 23.5 Å². The Bertz CT molecular complexity index is 505. The molecule has 1 aromatic rings. The summed E-state index contributed by atoms with van der Waals surface area (Å²) in [6, 6.07) is 3.57. The number of rotatable bonds is 5. The Labute approximate surface area is 101 Å². The third-order valence-electron chi connectivity index (χ3n) is 2.50. The second-order valence-electron chi connectivity index (χ2n) is 3.90. The van der Waals surface area contributed by atoms with Crippen molar-refractivity contribution in [3.8, 4) is 0 Å². The van der Waals surface area contributed by atoms with E-state index in [-0.39, 0.29) is 11.7 Å². The summed E-state index contributed by atoms with van der Waals surface area (Å²) < 4.78 is 23.1. The van der Waals surface area contributed by atoms with Crippen LogP contribution in [0.3, 0.4) is 0 Å². The van der Waals surface area contributed by atoms with E-state index in [1.165, 1.54) is 0 Å². The van der Waals surface area contributed by atoms with Gasteiger partial charge in [0.05, 0.1) is 5.75 Å². The molecule has 0 saturated heterocycles. The van der Waals surface area contributed by atoms with Gasteiger partial charge in [-0.25, -0.2) is 13.6 Å². The van der Waals surface area contributed by atoms with E-state index in [9.17, 15) is 13.2 Å². The first kappa shape index (κ1) is 13.7. The summed E-state index contributed by atoms with van der Waals surface area (Å²) in [4.78, 5) is 11.7. The lowest BCUT2D eigenvalue weighted by atomic mass is 10.4. The summed E-state index contributed by atoms with van der Waals surface area (Å²) in [5.41, 5.74) is 1.54. The lowest BCUT2D eigenvalue weighted by Gasteiger charge is -2.06. The molecule has 0 aliphatic heterocycles. The number of hydrogen-bond donors (Lipinski definition) is 2. The molecule has 6 nitrogen and oxygen atoms in total. The maximum atomic E-state index is 11.7. The van der Waals surface area contributed by atoms with Crippen molar-refractivity contribution < 1.29 is 13.2 Å². The molecule has 1 aromatic heterocycles. The standard InChI is InChI=1S/C10H17N3O3S/c1-8-4-5-9(13(8)2)10(14)12-6-3-7-17(11,15)16/h4-5H,3,6-7H2,1-2H3,(H,12,14)(H2,11,15,16). The van der Waals surface area contributed by atoms with Crippen LogP contribution in [0.15, 0.2) is 12.1 Å². The number of primary sulfonamides is 1. The van der Waals surface area contributed by atoms with E-state index in [2.05, 4.69) is 5.32 Å². The number of amides is 1. The Morgan fingerprint density at radius 2 is 2.12 bits per heavy atom. The van der Waals surface area contributed by atoms with Crippen LogP contribution in [0, 0.1) is 6.92 Å². The first-order valence-corrected chi connectivity index (χ1v) is 6.94. The van der Waals surface area contributed by atoms with E-state index in [1.807, 2.05) is 13.0 Å². The number of nitrogens with two attached hydrogens (primary N) is 1. The molecule has 0 aromatic carbocycles. The van der Waals surface area contributed by atoms with Gasteiger partial charge < -0.3 is 9.88 Å². The number of nitrogens with one attached hydrogen (secondary N) is 1. The monoisotopic (exact) mass is 259 g/mol. The van der Waals surface area contributed by atoms with Crippen LogP contribution < -0.4 is 10.5 Å². The zero-order chi connectivity index (χ0) is 13.1. The average Bonchev–Trinajstić information content (AvgIpc) is 2.53. The highest BCUT2D eigenvalue weighted by molar-refractivity contribution is 7.89. The summed E-state index contributed by atoms with van der Waals surface area (Å²) in [6.45, 7) is 2.19. The predicted molar refractivity (Wildman–Crippen MR) is 65.1 cm³/mol. The summed E-state index contributed by atoms with van der Waals surface area (Å²) >= 11 is 0. The summed E-state index contributed by atoms with van der Waals surface area (Å²) in [5, 5.41) is 7.49. The molecular formula is C10H17N3O3S. The minimum atomic E-state index is -3.45. The topological polar surface area (TPSA) is 94.2 Å². The Morgan fingerprint density at radius 1 is 1.47 bits per heavy atom. The Balaban J connectivity index is 2.43. The Kier molecular flexibility index (Phi) is 4.30. The van der Waals surface area contributed by atoms with Crippen LogP contribution in [0.25, 0.3) is 0 Å². The first-order chi connectivity index (χ1) is 7.81. The molecule has 0 fully saturated rings. The highest BCUT2D eigenvalue weighted by atomic mass is 32.2. The van der Waals surface area contributed by atoms with Crippen molar-refractivity contribution in [3.63, 3.8) is 0 Å². The van der Waals surface area contributed by atoms with Crippen LogP contribution >= 0.6 is 0 Å². The van der Waals surface area contributed by atoms with Crippen LogP contribution in [0.2, 0.25) is 0 Å². The van der Waals surface area contributed by atoms with E-state index in [4.69, 9.17) is 5.14 Å². The number of carbonyl (C=O) groups excluding carboxylic acids is 1. The molecule has 0 spiro atoms. The number of hydrogen-bond acceptors (Lipinski definition) is 3. The number of aryl methyl sites for hydroxylation is 1. The van der Waals surface area contributed by atoms with Crippen molar-refractivity contribution in [2.45, 2.75) is 13.3 Å². The smallest absolute Gasteiger partial charge is 0.267 e. The van der Waals surface area contributed by atoms with Gasteiger partial charge in [-0.15, -0.1) is 0 Å². The number of carbonyl (C=O) groups is 1. The van der Waals surface area contributed by atoms with Gasteiger partial charge in [-0.3, -0.25) is 4.79 Å². The molecule has 17 heavy (non-hydrogen) atoms. The molecule has 0 aliphatic carbocycles. The van der Waals surface area contributed by atoms with Crippen LogP contribution in [-0.4, -0.2) is 31.2 Å². The van der Waals surface area contributed by atoms with E-state index >= 15 is 0 Å². The third-order valence-corrected chi connectivity index (χ3v) is 3.35. The fraction of sp³-hybridized carbons (Fsp3) is 0.500. The minimum absolute atomic E-state index is 0.126. The lowest BCUT2D eigenvalue weighted by Crippen LogP contribution is -2.28. The van der Waals surface area contributed by atoms with Crippen molar-refractivity contribution in [2.24, 2.45) is 12.2 Å². The molecule has 0 bridgehead atoms. The van der Waals surface area contributed by atoms with E-state index in [0.29, 0.717) is 18.7 Å². The second-order valence-corrected chi connectivity index (χ2v) is 5.63. The molecule has 0 atom stereocenters. The average molecular weight is 259 g/mol. The zero-order valence-electron chi connectivity index (χ0n) is 9.93. The van der Waals surface area contributed by atoms with E-state index in [0.717, 1.165) is 5.69 Å². The fourth-order valence-corrected chi connectivity index (χ4v) is 1.95. The normalized spacial score (nSPS) is 11.5. The summed E-state index contributed by atoms with van der Waals surface area (Å²) in [7, 11) is -1.65. The van der Waals surface area contributed by atoms with Gasteiger partial charge in [0, 0.05) is 19.3 Å². The zero-order valence-corrected chi connectivity index (χ0v) is 10.8. The van der Waals surface area contributed by atoms with Gasteiger partial charge in [0.1, 0.15) is 5.69 Å². The fourth-order valence-electron chi connectivity index (χ4n) is 1.41. The third kappa shape index (κ3) is 4.20. The van der Waals surface area contributed by atoms with Gasteiger partial charge in [-0.2, -0.15) is 0 Å². The molecule has 1 heterocycles. The van der Waals surface area contributed by atoms with Gasteiger partial charge >= 0.3 is 0 Å². The van der Waals surface area contributed by atoms with Crippen LogP contribution in [-0.2, 0) is 17.1 Å². The van der Waals surface area contributed by atoms with Crippen molar-refractivity contribution in [1.29, 1.82) is 0 Å². The van der Waals surface area contributed by atoms with Gasteiger partial charge in [-0.1, -0.05) is 0 Å². The van der Waals surface area contributed by atoms with Crippen LogP contribution in [0.4, 0.5) is 0 Å². The van der Waals surface area contributed by atoms with E-state index < -0.39 is 10.0 Å². The molecule has 96 valence electrons. The minimum Gasteiger partial charge on any atom is -0.351 e. The van der Waals surface area contributed by atoms with Gasteiger partial charge in [0.15, 0.2) is 0 Å². The molecular weight excluding hydrogens is 242 g/mol. The van der Waals surface area contributed by atoms with Crippen molar-refractivity contribution in [1.82, 2.24) is 9.88 Å². The number of aromatic nitrogens is 1. The maximum absolute atomic E-state index is 11.7. The quantitative estimate of drug-likeness (QED) is 0.713. The second kappa shape index (κ2) is 5.33. The maximum Gasteiger partial charge on any atom is 0.267 e. The molecule has 1 amide bonds. The summed E-state index contributed by atoms with van der Waals surface area (Å²) in [6.07, 6.45) is 0.313. The van der Waals surface area contributed by atoms with Gasteiger partial charge in [-0.05, 0) is 25.5 Å². The summed E-state index contributed by atoms with van der Waals surface area (Å²) in [5.74, 6) is -0.338. The van der Waals surface area contributed by atoms with Gasteiger partial charge in [0.25, 0.3) is 5.91 Å². The molecule has 0 saturated carbocycles. The van der Waals surface area contributed by atoms with Crippen molar-refractivity contribution in [2.75, 3.05) is 12.3 Å². The first-order valence-electron chi connectivity index (χ1n) is 5.22. The molecule has 0 aliphatic rings. The van der Waals surface area contributed by atoms with Crippen molar-refractivity contribution >= 4 is 15.9 Å². The molecule has 0 radical (unpaired) electrons. The SMILES string of the molecule is Cc1ccc(C(=O)NCCCS(N)(=O)=O)n1C. The lowest BCUT2D eigenvalue weighted by molar-refractivity contribution is 0.0945. The number of sulfonamides is 1. The van der Waals surface area contributed by atoms with Crippen LogP contribution in [0.5, 0.6) is 0 Å². The molecule has 1 rings (SSSR count). The molecule has 0 unspecified atom stereocenters.